The van der Waals surface area contributed by atoms with E-state index in [1.165, 1.54) is 18.2 Å². The summed E-state index contributed by atoms with van der Waals surface area (Å²) < 4.78 is 10.8. The minimum Gasteiger partial charge on any atom is -0.484 e. The lowest BCUT2D eigenvalue weighted by Gasteiger charge is -2.06. The molecule has 0 aliphatic carbocycles. The van der Waals surface area contributed by atoms with E-state index in [0.29, 0.717) is 21.6 Å². The van der Waals surface area contributed by atoms with Gasteiger partial charge in [0.05, 0.1) is 16.3 Å². The normalized spacial score (nSPS) is 12.0. The fraction of sp³-hybridized carbons (Fsp3) is 0.0625. The lowest BCUT2D eigenvalue weighted by Crippen LogP contribution is -2.16. The van der Waals surface area contributed by atoms with Crippen LogP contribution >= 0.6 is 46.4 Å². The number of hydrogen-bond donors (Lipinski definition) is 2. The van der Waals surface area contributed by atoms with Crippen LogP contribution in [0.3, 0.4) is 0 Å². The van der Waals surface area contributed by atoms with Crippen LogP contribution in [-0.2, 0) is 11.4 Å². The van der Waals surface area contributed by atoms with Crippen LogP contribution in [0, 0.1) is 0 Å². The lowest BCUT2D eigenvalue weighted by molar-refractivity contribution is -0.131. The third-order valence-electron chi connectivity index (χ3n) is 2.89. The van der Waals surface area contributed by atoms with E-state index in [0.717, 1.165) is 6.21 Å². The molecule has 27 heavy (non-hydrogen) atoms. The molecule has 2 rings (SSSR count). The first-order valence-electron chi connectivity index (χ1n) is 7.06. The molecule has 1 heterocycles. The summed E-state index contributed by atoms with van der Waals surface area (Å²) in [5.41, 5.74) is 2.12. The van der Waals surface area contributed by atoms with Crippen molar-refractivity contribution in [1.82, 2.24) is 5.43 Å². The molecule has 0 saturated carbocycles. The van der Waals surface area contributed by atoms with Gasteiger partial charge < -0.3 is 14.3 Å². The Labute approximate surface area is 173 Å². The Bertz CT molecular complexity index is 923. The molecule has 11 heteroatoms. The molecule has 0 aliphatic heterocycles. The monoisotopic (exact) mass is 450 g/mol. The van der Waals surface area contributed by atoms with Crippen LogP contribution in [0.25, 0.3) is 0 Å². The summed E-state index contributed by atoms with van der Waals surface area (Å²) >= 11 is 22.8. The van der Waals surface area contributed by atoms with Crippen LogP contribution in [0.15, 0.2) is 49.9 Å². The van der Waals surface area contributed by atoms with E-state index in [2.05, 4.69) is 10.5 Å². The summed E-state index contributed by atoms with van der Waals surface area (Å²) in [5, 5.41) is 12.0. The second-order valence-electron chi connectivity index (χ2n) is 4.80. The van der Waals surface area contributed by atoms with Crippen LogP contribution in [0.4, 0.5) is 0 Å². The third kappa shape index (κ3) is 6.18. The zero-order valence-corrected chi connectivity index (χ0v) is 16.2. The van der Waals surface area contributed by atoms with Gasteiger partial charge in [-0.1, -0.05) is 46.4 Å². The van der Waals surface area contributed by atoms with Gasteiger partial charge in [0.25, 0.3) is 0 Å². The first-order valence-corrected chi connectivity index (χ1v) is 8.57. The highest BCUT2D eigenvalue weighted by molar-refractivity contribution is 6.51. The number of aliphatic carboxylic acids is 1. The van der Waals surface area contributed by atoms with E-state index in [1.807, 2.05) is 0 Å². The number of carbonyl (C=O) groups excluding carboxylic acids is 1. The number of rotatable bonds is 7. The number of carboxylic acids is 1. The maximum atomic E-state index is 11.9. The van der Waals surface area contributed by atoms with E-state index in [1.54, 1.807) is 12.1 Å². The smallest absolute Gasteiger partial charge is 0.348 e. The lowest BCUT2D eigenvalue weighted by atomic mass is 10.3. The van der Waals surface area contributed by atoms with Gasteiger partial charge in [0.15, 0.2) is 5.76 Å². The molecular weight excluding hydrogens is 442 g/mol. The van der Waals surface area contributed by atoms with Crippen LogP contribution in [0.5, 0.6) is 5.75 Å². The number of carboxylic acid groups (broad SMARTS) is 1. The molecule has 0 unspecified atom stereocenters. The Balaban J connectivity index is 1.93. The largest absolute Gasteiger partial charge is 0.484 e. The van der Waals surface area contributed by atoms with E-state index < -0.39 is 16.9 Å². The van der Waals surface area contributed by atoms with Crippen LogP contribution in [-0.4, -0.2) is 23.2 Å². The molecule has 1 aromatic heterocycles. The van der Waals surface area contributed by atoms with Gasteiger partial charge in [0, 0.05) is 5.02 Å². The van der Waals surface area contributed by atoms with Gasteiger partial charge >= 0.3 is 11.9 Å². The van der Waals surface area contributed by atoms with Crippen molar-refractivity contribution >= 4 is 64.5 Å². The van der Waals surface area contributed by atoms with E-state index >= 15 is 0 Å². The number of furan rings is 1. The Hall–Kier alpha value is -2.19. The molecule has 0 aliphatic rings. The SMILES string of the molecule is O=C(O)C(Cl)=C(Cl)C=NNC(=O)c1ccc(COc2ccc(Cl)cc2Cl)o1. The Morgan fingerprint density at radius 1 is 1.22 bits per heavy atom. The summed E-state index contributed by atoms with van der Waals surface area (Å²) in [4.78, 5) is 22.5. The van der Waals surface area contributed by atoms with E-state index in [9.17, 15) is 9.59 Å². The molecule has 2 aromatic rings. The highest BCUT2D eigenvalue weighted by atomic mass is 35.5. The first-order chi connectivity index (χ1) is 12.8. The topological polar surface area (TPSA) is 101 Å². The summed E-state index contributed by atoms with van der Waals surface area (Å²) in [6.45, 7) is 0.0285. The van der Waals surface area contributed by atoms with Crippen molar-refractivity contribution in [3.8, 4) is 5.75 Å². The Morgan fingerprint density at radius 2 is 1.96 bits per heavy atom. The van der Waals surface area contributed by atoms with Crippen molar-refractivity contribution in [2.75, 3.05) is 0 Å². The van der Waals surface area contributed by atoms with Crippen molar-refractivity contribution in [3.05, 3.63) is 62.0 Å². The number of halogens is 4. The number of nitrogens with one attached hydrogen (secondary N) is 1. The van der Waals surface area contributed by atoms with Gasteiger partial charge in [-0.2, -0.15) is 5.10 Å². The molecule has 0 bridgehead atoms. The highest BCUT2D eigenvalue weighted by Gasteiger charge is 2.12. The van der Waals surface area contributed by atoms with E-state index in [-0.39, 0.29) is 17.4 Å². The zero-order valence-electron chi connectivity index (χ0n) is 13.2. The number of benzene rings is 1. The predicted molar refractivity (Wildman–Crippen MR) is 102 cm³/mol. The van der Waals surface area contributed by atoms with Gasteiger partial charge in [-0.25, -0.2) is 10.2 Å². The second-order valence-corrected chi connectivity index (χ2v) is 6.42. The standard InChI is InChI=1S/C16H10Cl4N2O5/c17-8-1-3-12(10(18)5-8)26-7-9-2-4-13(27-9)15(23)22-21-6-11(19)14(20)16(24)25/h1-6H,7H2,(H,22,23)(H,24,25). The average molecular weight is 452 g/mol. The second kappa shape index (κ2) is 9.66. The molecule has 1 amide bonds. The summed E-state index contributed by atoms with van der Waals surface area (Å²) in [5.74, 6) is -1.38. The predicted octanol–water partition coefficient (Wildman–Crippen LogP) is 4.65. The molecule has 142 valence electrons. The maximum absolute atomic E-state index is 11.9. The van der Waals surface area contributed by atoms with Crippen molar-refractivity contribution in [1.29, 1.82) is 0 Å². The van der Waals surface area contributed by atoms with Crippen molar-refractivity contribution in [2.24, 2.45) is 5.10 Å². The number of nitrogens with zero attached hydrogens (tertiary/aromatic N) is 1. The van der Waals surface area contributed by atoms with Crippen LogP contribution < -0.4 is 10.2 Å². The summed E-state index contributed by atoms with van der Waals surface area (Å²) in [6.07, 6.45) is 0.880. The Morgan fingerprint density at radius 3 is 2.63 bits per heavy atom. The highest BCUT2D eigenvalue weighted by Crippen LogP contribution is 2.28. The van der Waals surface area contributed by atoms with Gasteiger partial charge in [0.2, 0.25) is 0 Å². The summed E-state index contributed by atoms with van der Waals surface area (Å²) in [6, 6.07) is 7.71. The molecule has 0 atom stereocenters. The fourth-order valence-electron chi connectivity index (χ4n) is 1.68. The molecule has 2 N–H and O–H groups in total. The van der Waals surface area contributed by atoms with Crippen LogP contribution in [0.1, 0.15) is 16.3 Å². The van der Waals surface area contributed by atoms with Gasteiger partial charge in [0.1, 0.15) is 23.1 Å². The molecule has 0 radical (unpaired) electrons. The molecule has 7 nitrogen and oxygen atoms in total. The number of ether oxygens (including phenoxy) is 1. The molecule has 0 spiro atoms. The van der Waals surface area contributed by atoms with Crippen molar-refractivity contribution < 1.29 is 23.8 Å². The number of allylic oxidation sites excluding steroid dienone is 1. The minimum absolute atomic E-state index is 0.0285. The van der Waals surface area contributed by atoms with Crippen molar-refractivity contribution in [3.63, 3.8) is 0 Å². The molecule has 1 aromatic carbocycles. The minimum atomic E-state index is -1.42. The third-order valence-corrected chi connectivity index (χ3v) is 4.17. The summed E-state index contributed by atoms with van der Waals surface area (Å²) in [7, 11) is 0. The van der Waals surface area contributed by atoms with Crippen LogP contribution in [0.2, 0.25) is 10.0 Å². The average Bonchev–Trinajstić information content (AvgIpc) is 3.09. The van der Waals surface area contributed by atoms with E-state index in [4.69, 9.17) is 60.7 Å². The first kappa shape index (κ1) is 21.1. The van der Waals surface area contributed by atoms with Gasteiger partial charge in [-0.15, -0.1) is 0 Å². The van der Waals surface area contributed by atoms with Crippen molar-refractivity contribution in [2.45, 2.75) is 6.61 Å². The molecular formula is C16H10Cl4N2O5. The Kier molecular flexibility index (Phi) is 7.55. The maximum Gasteiger partial charge on any atom is 0.348 e. The number of hydrogen-bond acceptors (Lipinski definition) is 5. The van der Waals surface area contributed by atoms with Gasteiger partial charge in [-0.3, -0.25) is 4.79 Å². The quantitative estimate of drug-likeness (QED) is 0.362. The fourth-order valence-corrected chi connectivity index (χ4v) is 2.32. The number of carbonyl (C=O) groups is 2. The number of hydrazone groups is 1. The zero-order chi connectivity index (χ0) is 20.0. The number of amides is 1. The molecule has 0 saturated heterocycles. The van der Waals surface area contributed by atoms with Gasteiger partial charge in [-0.05, 0) is 30.3 Å². The molecule has 0 fully saturated rings.